The first-order valence-corrected chi connectivity index (χ1v) is 10.1. The van der Waals surface area contributed by atoms with Crippen molar-refractivity contribution in [3.8, 4) is 11.5 Å². The fourth-order valence-corrected chi connectivity index (χ4v) is 4.32. The molecule has 0 saturated carbocycles. The average Bonchev–Trinajstić information content (AvgIpc) is 3.42. The molecule has 0 N–H and O–H groups in total. The average molecular weight is 379 g/mol. The Morgan fingerprint density at radius 3 is 2.50 bits per heavy atom. The third-order valence-electron chi connectivity index (χ3n) is 5.86. The number of benzene rings is 2. The molecule has 146 valence electrons. The minimum absolute atomic E-state index is 0.00458. The molecule has 0 aliphatic carbocycles. The standard InChI is InChI=1S/C22H25N3O3/c26-22(17-7-8-20-21(15-17)28-16-27-20)25-14-13-24(12-11-23-9-3-4-10-23)18-5-1-2-6-19(18)25/h1-2,5-8,15H,3-4,9-14,16H2. The lowest BCUT2D eigenvalue weighted by Gasteiger charge is -2.38. The second-order valence-electron chi connectivity index (χ2n) is 7.55. The van der Waals surface area contributed by atoms with Gasteiger partial charge in [0.2, 0.25) is 6.79 Å². The molecule has 2 aromatic carbocycles. The van der Waals surface area contributed by atoms with Gasteiger partial charge in [-0.3, -0.25) is 4.79 Å². The summed E-state index contributed by atoms with van der Waals surface area (Å²) in [6, 6.07) is 13.6. The van der Waals surface area contributed by atoms with E-state index in [4.69, 9.17) is 9.47 Å². The molecule has 0 bridgehead atoms. The summed E-state index contributed by atoms with van der Waals surface area (Å²) in [5, 5.41) is 0. The van der Waals surface area contributed by atoms with Crippen LogP contribution in [-0.4, -0.2) is 56.9 Å². The fraction of sp³-hybridized carbons (Fsp3) is 0.409. The Morgan fingerprint density at radius 1 is 0.857 bits per heavy atom. The van der Waals surface area contributed by atoms with Crippen LogP contribution < -0.4 is 19.3 Å². The van der Waals surface area contributed by atoms with Crippen molar-refractivity contribution in [2.24, 2.45) is 0 Å². The quantitative estimate of drug-likeness (QED) is 0.817. The van der Waals surface area contributed by atoms with E-state index in [1.807, 2.05) is 29.2 Å². The number of amides is 1. The zero-order valence-corrected chi connectivity index (χ0v) is 16.0. The lowest BCUT2D eigenvalue weighted by molar-refractivity contribution is 0.0986. The Hall–Kier alpha value is -2.73. The van der Waals surface area contributed by atoms with E-state index in [1.165, 1.54) is 25.9 Å². The van der Waals surface area contributed by atoms with Crippen molar-refractivity contribution in [2.45, 2.75) is 12.8 Å². The molecule has 6 nitrogen and oxygen atoms in total. The minimum Gasteiger partial charge on any atom is -0.454 e. The number of anilines is 2. The van der Waals surface area contributed by atoms with E-state index in [0.717, 1.165) is 31.0 Å². The summed E-state index contributed by atoms with van der Waals surface area (Å²) in [6.45, 7) is 6.26. The highest BCUT2D eigenvalue weighted by molar-refractivity contribution is 6.08. The monoisotopic (exact) mass is 379 g/mol. The molecular weight excluding hydrogens is 354 g/mol. The second-order valence-corrected chi connectivity index (χ2v) is 7.55. The molecule has 0 atom stereocenters. The SMILES string of the molecule is O=C(c1ccc2c(c1)OCO2)N1CCN(CCN2CCCC2)c2ccccc21. The van der Waals surface area contributed by atoms with Crippen molar-refractivity contribution in [3.05, 3.63) is 48.0 Å². The van der Waals surface area contributed by atoms with Gasteiger partial charge in [0.15, 0.2) is 11.5 Å². The molecule has 0 unspecified atom stereocenters. The van der Waals surface area contributed by atoms with Gasteiger partial charge in [0.05, 0.1) is 11.4 Å². The van der Waals surface area contributed by atoms with Gasteiger partial charge in [0, 0.05) is 31.7 Å². The van der Waals surface area contributed by atoms with E-state index in [0.29, 0.717) is 23.6 Å². The lowest BCUT2D eigenvalue weighted by atomic mass is 10.1. The van der Waals surface area contributed by atoms with Gasteiger partial charge in [0.25, 0.3) is 5.91 Å². The highest BCUT2D eigenvalue weighted by Crippen LogP contribution is 2.36. The molecule has 2 aromatic rings. The summed E-state index contributed by atoms with van der Waals surface area (Å²) in [4.78, 5) is 20.1. The van der Waals surface area contributed by atoms with Crippen molar-refractivity contribution in [3.63, 3.8) is 0 Å². The van der Waals surface area contributed by atoms with Gasteiger partial charge >= 0.3 is 0 Å². The van der Waals surface area contributed by atoms with Crippen LogP contribution in [0.5, 0.6) is 11.5 Å². The second kappa shape index (κ2) is 7.36. The number of carbonyl (C=O) groups is 1. The Balaban J connectivity index is 1.36. The number of likely N-dealkylation sites (tertiary alicyclic amines) is 1. The van der Waals surface area contributed by atoms with Crippen LogP contribution in [0.2, 0.25) is 0 Å². The summed E-state index contributed by atoms with van der Waals surface area (Å²) in [7, 11) is 0. The molecular formula is C22H25N3O3. The van der Waals surface area contributed by atoms with Crippen molar-refractivity contribution in [1.82, 2.24) is 4.90 Å². The van der Waals surface area contributed by atoms with Crippen LogP contribution in [0.4, 0.5) is 11.4 Å². The normalized spacial score (nSPS) is 18.4. The molecule has 1 amide bonds. The molecule has 1 fully saturated rings. The molecule has 3 aliphatic rings. The van der Waals surface area contributed by atoms with E-state index in [-0.39, 0.29) is 12.7 Å². The first-order chi connectivity index (χ1) is 13.8. The minimum atomic E-state index is 0.00458. The van der Waals surface area contributed by atoms with Crippen LogP contribution in [0.25, 0.3) is 0 Å². The molecule has 1 saturated heterocycles. The number of ether oxygens (including phenoxy) is 2. The zero-order chi connectivity index (χ0) is 18.9. The number of fused-ring (bicyclic) bond motifs is 2. The molecule has 0 aromatic heterocycles. The fourth-order valence-electron chi connectivity index (χ4n) is 4.32. The van der Waals surface area contributed by atoms with Gasteiger partial charge < -0.3 is 24.2 Å². The number of rotatable bonds is 4. The predicted molar refractivity (Wildman–Crippen MR) is 109 cm³/mol. The number of para-hydroxylation sites is 2. The van der Waals surface area contributed by atoms with E-state index in [1.54, 1.807) is 6.07 Å². The topological polar surface area (TPSA) is 45.3 Å². The van der Waals surface area contributed by atoms with Crippen molar-refractivity contribution in [2.75, 3.05) is 55.9 Å². The Kier molecular flexibility index (Phi) is 4.56. The first-order valence-electron chi connectivity index (χ1n) is 10.1. The van der Waals surface area contributed by atoms with Crippen LogP contribution in [0.3, 0.4) is 0 Å². The maximum absolute atomic E-state index is 13.2. The summed E-state index contributed by atoms with van der Waals surface area (Å²) in [6.07, 6.45) is 2.63. The number of hydrogen-bond acceptors (Lipinski definition) is 5. The Labute approximate surface area is 165 Å². The smallest absolute Gasteiger partial charge is 0.258 e. The van der Waals surface area contributed by atoms with Crippen LogP contribution >= 0.6 is 0 Å². The lowest BCUT2D eigenvalue weighted by Crippen LogP contribution is -2.46. The van der Waals surface area contributed by atoms with E-state index in [2.05, 4.69) is 21.9 Å². The molecule has 5 rings (SSSR count). The van der Waals surface area contributed by atoms with Gasteiger partial charge in [-0.25, -0.2) is 0 Å². The maximum Gasteiger partial charge on any atom is 0.258 e. The number of carbonyl (C=O) groups excluding carboxylic acids is 1. The molecule has 0 radical (unpaired) electrons. The third kappa shape index (κ3) is 3.18. The molecule has 6 heteroatoms. The highest BCUT2D eigenvalue weighted by Gasteiger charge is 2.28. The number of hydrogen-bond donors (Lipinski definition) is 0. The molecule has 3 aliphatic heterocycles. The molecule has 28 heavy (non-hydrogen) atoms. The highest BCUT2D eigenvalue weighted by atomic mass is 16.7. The predicted octanol–water partition coefficient (Wildman–Crippen LogP) is 2.98. The van der Waals surface area contributed by atoms with Gasteiger partial charge in [-0.2, -0.15) is 0 Å². The van der Waals surface area contributed by atoms with Crippen LogP contribution in [0.15, 0.2) is 42.5 Å². The van der Waals surface area contributed by atoms with E-state index in [9.17, 15) is 4.79 Å². The number of nitrogens with zero attached hydrogens (tertiary/aromatic N) is 3. The maximum atomic E-state index is 13.2. The van der Waals surface area contributed by atoms with E-state index < -0.39 is 0 Å². The zero-order valence-electron chi connectivity index (χ0n) is 16.0. The summed E-state index contributed by atoms with van der Waals surface area (Å²) in [5.41, 5.74) is 2.75. The summed E-state index contributed by atoms with van der Waals surface area (Å²) in [5.74, 6) is 1.34. The van der Waals surface area contributed by atoms with Crippen LogP contribution in [0.1, 0.15) is 23.2 Å². The van der Waals surface area contributed by atoms with Crippen molar-refractivity contribution in [1.29, 1.82) is 0 Å². The Bertz CT molecular complexity index is 879. The Morgan fingerprint density at radius 2 is 1.64 bits per heavy atom. The third-order valence-corrected chi connectivity index (χ3v) is 5.86. The van der Waals surface area contributed by atoms with Gasteiger partial charge in [-0.15, -0.1) is 0 Å². The first kappa shape index (κ1) is 17.4. The van der Waals surface area contributed by atoms with Crippen LogP contribution in [0, 0.1) is 0 Å². The van der Waals surface area contributed by atoms with Gasteiger partial charge in [-0.05, 0) is 56.3 Å². The summed E-state index contributed by atoms with van der Waals surface area (Å²) >= 11 is 0. The van der Waals surface area contributed by atoms with Gasteiger partial charge in [-0.1, -0.05) is 12.1 Å². The largest absolute Gasteiger partial charge is 0.454 e. The summed E-state index contributed by atoms with van der Waals surface area (Å²) < 4.78 is 10.8. The molecule has 3 heterocycles. The van der Waals surface area contributed by atoms with Crippen LogP contribution in [-0.2, 0) is 0 Å². The van der Waals surface area contributed by atoms with E-state index >= 15 is 0 Å². The van der Waals surface area contributed by atoms with Crippen molar-refractivity contribution >= 4 is 17.3 Å². The van der Waals surface area contributed by atoms with Crippen molar-refractivity contribution < 1.29 is 14.3 Å². The molecule has 0 spiro atoms. The van der Waals surface area contributed by atoms with Gasteiger partial charge in [0.1, 0.15) is 0 Å².